The quantitative estimate of drug-likeness (QED) is 0.774. The molecule has 3 heterocycles. The van der Waals surface area contributed by atoms with Gasteiger partial charge < -0.3 is 10.2 Å². The van der Waals surface area contributed by atoms with Crippen LogP contribution in [0.2, 0.25) is 1.41 Å². The van der Waals surface area contributed by atoms with Crippen molar-refractivity contribution in [1.29, 1.82) is 0 Å². The Morgan fingerprint density at radius 1 is 1.39 bits per heavy atom. The molecule has 2 aromatic rings. The van der Waals surface area contributed by atoms with Gasteiger partial charge in [0.2, 0.25) is 0 Å². The van der Waals surface area contributed by atoms with Crippen molar-refractivity contribution in [2.24, 2.45) is 0 Å². The Balaban J connectivity index is 2.39. The first-order chi connectivity index (χ1) is 11.5. The summed E-state index contributed by atoms with van der Waals surface area (Å²) < 4.78 is 54.1. The van der Waals surface area contributed by atoms with Crippen LogP contribution in [0.3, 0.4) is 0 Å². The lowest BCUT2D eigenvalue weighted by Gasteiger charge is -2.18. The fraction of sp³-hybridized carbons (Fsp3) is 0.154. The van der Waals surface area contributed by atoms with Crippen LogP contribution in [0.25, 0.3) is 0 Å². The third kappa shape index (κ3) is 1.44. The van der Waals surface area contributed by atoms with Crippen molar-refractivity contribution >= 4 is 23.2 Å². The van der Waals surface area contributed by atoms with E-state index in [0.29, 0.717) is 5.31 Å². The molecule has 0 atom stereocenters. The summed E-state index contributed by atoms with van der Waals surface area (Å²) in [4.78, 5) is 21.7. The summed E-state index contributed by atoms with van der Waals surface area (Å²) in [5.74, 6) is -1.03. The molecule has 0 bridgehead atoms. The molecule has 1 N–H and O–H groups in total. The molecule has 0 saturated heterocycles. The lowest BCUT2D eigenvalue weighted by Crippen LogP contribution is -2.14. The number of pyridine rings is 2. The Bertz CT molecular complexity index is 899. The third-order valence-corrected chi connectivity index (χ3v) is 2.61. The maximum Gasteiger partial charge on any atom is 0.259 e. The summed E-state index contributed by atoms with van der Waals surface area (Å²) in [6, 6.07) is 1.79. The van der Waals surface area contributed by atoms with E-state index in [4.69, 9.17) is 9.64 Å². The van der Waals surface area contributed by atoms with Crippen LogP contribution in [0.1, 0.15) is 24.1 Å². The minimum absolute atomic E-state index is 0.0309. The fourth-order valence-electron chi connectivity index (χ4n) is 1.73. The molecule has 1 aliphatic rings. The Hall–Kier alpha value is -2.43. The number of aryl methyl sites for hydroxylation is 1. The number of fused-ring (bicyclic) bond motifs is 2. The Kier molecular flexibility index (Phi) is 1.16. The zero-order chi connectivity index (χ0) is 18.7. The van der Waals surface area contributed by atoms with Gasteiger partial charge in [-0.15, -0.1) is 0 Å². The van der Waals surface area contributed by atoms with Gasteiger partial charge in [-0.05, 0) is 30.6 Å². The van der Waals surface area contributed by atoms with Gasteiger partial charge in [0.05, 0.1) is 15.4 Å². The van der Waals surface area contributed by atoms with E-state index >= 15 is 0 Å². The second-order valence-corrected chi connectivity index (χ2v) is 3.70. The highest BCUT2D eigenvalue weighted by Gasteiger charge is 2.25. The smallest absolute Gasteiger partial charge is 0.259 e. The second kappa shape index (κ2) is 3.80. The van der Waals surface area contributed by atoms with E-state index in [1.54, 1.807) is 0 Å². The number of nitrogens with one attached hydrogen (secondary N) is 1. The van der Waals surface area contributed by atoms with Crippen molar-refractivity contribution in [2.45, 2.75) is 6.85 Å². The largest absolute Gasteiger partial charge is 0.318 e. The van der Waals surface area contributed by atoms with Crippen LogP contribution in [-0.4, -0.2) is 22.9 Å². The highest BCUT2D eigenvalue weighted by atomic mass is 16.1. The molecule has 18 heavy (non-hydrogen) atoms. The van der Waals surface area contributed by atoms with E-state index in [-0.39, 0.29) is 46.8 Å². The van der Waals surface area contributed by atoms with Crippen LogP contribution in [0, 0.1) is 6.85 Å². The SMILES string of the molecule is [2H]c1cc(C([2H])([2H])[2H])c2c(n1)N(C)c1nc([2H])c([2H])cc1C(=O)N2[2H]. The maximum atomic E-state index is 12.6. The van der Waals surface area contributed by atoms with Crippen molar-refractivity contribution in [3.8, 4) is 0 Å². The Morgan fingerprint density at radius 3 is 3.06 bits per heavy atom. The minimum atomic E-state index is -2.67. The maximum absolute atomic E-state index is 12.6. The molecule has 0 aromatic carbocycles. The van der Waals surface area contributed by atoms with E-state index in [0.717, 1.165) is 12.1 Å². The van der Waals surface area contributed by atoms with E-state index < -0.39 is 12.8 Å². The van der Waals surface area contributed by atoms with Gasteiger partial charge in [-0.25, -0.2) is 9.97 Å². The molecule has 3 rings (SSSR count). The molecule has 5 heteroatoms. The molecule has 0 unspecified atom stereocenters. The number of carbonyl (C=O) groups excluding carboxylic acids is 1. The minimum Gasteiger partial charge on any atom is -0.318 e. The number of hydrogen-bond donors (Lipinski definition) is 1. The lowest BCUT2D eigenvalue weighted by atomic mass is 10.2. The first-order valence-electron chi connectivity index (χ1n) is 8.54. The number of amides is 1. The molecule has 1 aliphatic heterocycles. The zero-order valence-electron chi connectivity index (χ0n) is 16.4. The van der Waals surface area contributed by atoms with Crippen LogP contribution < -0.4 is 10.2 Å². The zero-order valence-corrected chi connectivity index (χ0v) is 9.35. The fourth-order valence-corrected chi connectivity index (χ4v) is 1.73. The molecule has 0 saturated carbocycles. The summed E-state index contributed by atoms with van der Waals surface area (Å²) in [7, 11) is 1.44. The summed E-state index contributed by atoms with van der Waals surface area (Å²) in [5.41, 5.74) is -0.762. The first-order valence-corrected chi connectivity index (χ1v) is 5.09. The van der Waals surface area contributed by atoms with Gasteiger partial charge in [-0.3, -0.25) is 4.79 Å². The normalized spacial score (nSPS) is 20.3. The number of carbonyl (C=O) groups is 1. The van der Waals surface area contributed by atoms with Gasteiger partial charge >= 0.3 is 0 Å². The standard InChI is InChI=1S/C13H12N4O/c1-8-5-7-15-12-10(8)16-13(18)9-4-3-6-14-11(9)17(12)2/h3-7H,1-2H3,(H,16,18)/i1D3,3D,6D,7D/hD. The van der Waals surface area contributed by atoms with Gasteiger partial charge in [0.1, 0.15) is 5.82 Å². The van der Waals surface area contributed by atoms with Crippen molar-refractivity contribution in [3.05, 3.63) is 41.6 Å². The molecule has 0 aliphatic carbocycles. The number of aromatic nitrogens is 2. The number of hydrogen-bond acceptors (Lipinski definition) is 4. The van der Waals surface area contributed by atoms with Gasteiger partial charge in [0.25, 0.3) is 5.91 Å². The van der Waals surface area contributed by atoms with Gasteiger partial charge in [0.15, 0.2) is 7.23 Å². The number of nitrogens with zero attached hydrogens (tertiary/aromatic N) is 3. The van der Waals surface area contributed by atoms with Crippen molar-refractivity contribution in [1.82, 2.24) is 9.97 Å². The lowest BCUT2D eigenvalue weighted by molar-refractivity contribution is 0.102. The van der Waals surface area contributed by atoms with Crippen LogP contribution in [-0.2, 0) is 0 Å². The molecule has 5 nitrogen and oxygen atoms in total. The van der Waals surface area contributed by atoms with Crippen LogP contribution >= 0.6 is 0 Å². The van der Waals surface area contributed by atoms with Gasteiger partial charge in [-0.1, -0.05) is 0 Å². The highest BCUT2D eigenvalue weighted by Crippen LogP contribution is 2.35. The topological polar surface area (TPSA) is 58.1 Å². The molecular weight excluding hydrogens is 228 g/mol. The first kappa shape index (κ1) is 5.48. The monoisotopic (exact) mass is 247 g/mol. The summed E-state index contributed by atoms with van der Waals surface area (Å²) >= 11 is 0. The summed E-state index contributed by atoms with van der Waals surface area (Å²) in [5, 5.41) is 0.385. The summed E-state index contributed by atoms with van der Waals surface area (Å²) in [6.45, 7) is -2.67. The van der Waals surface area contributed by atoms with E-state index in [9.17, 15) is 4.79 Å². The number of rotatable bonds is 0. The van der Waals surface area contributed by atoms with Crippen LogP contribution in [0.4, 0.5) is 17.3 Å². The predicted octanol–water partition coefficient (Wildman–Crippen LogP) is 2.12. The molecular formula is C13H12N4O. The average Bonchev–Trinajstić information content (AvgIpc) is 2.58. The van der Waals surface area contributed by atoms with Crippen molar-refractivity contribution in [2.75, 3.05) is 17.3 Å². The van der Waals surface area contributed by atoms with E-state index in [1.165, 1.54) is 11.9 Å². The average molecular weight is 247 g/mol. The van der Waals surface area contributed by atoms with Gasteiger partial charge in [-0.2, -0.15) is 0 Å². The van der Waals surface area contributed by atoms with E-state index in [2.05, 4.69) is 9.97 Å². The summed E-state index contributed by atoms with van der Waals surface area (Å²) in [6.07, 6.45) is -0.722. The predicted molar refractivity (Wildman–Crippen MR) is 69.2 cm³/mol. The van der Waals surface area contributed by atoms with Gasteiger partial charge in [0, 0.05) is 23.5 Å². The number of anilines is 3. The molecule has 90 valence electrons. The molecule has 2 aromatic heterocycles. The van der Waals surface area contributed by atoms with Crippen LogP contribution in [0.15, 0.2) is 30.5 Å². The Morgan fingerprint density at radius 2 is 2.22 bits per heavy atom. The second-order valence-electron chi connectivity index (χ2n) is 3.70. The third-order valence-electron chi connectivity index (χ3n) is 2.61. The van der Waals surface area contributed by atoms with E-state index in [1.807, 2.05) is 0 Å². The van der Waals surface area contributed by atoms with Crippen molar-refractivity contribution in [3.63, 3.8) is 0 Å². The molecule has 0 fully saturated rings. The Labute approximate surface area is 114 Å². The van der Waals surface area contributed by atoms with Crippen LogP contribution in [0.5, 0.6) is 0 Å². The molecule has 0 spiro atoms. The molecule has 0 radical (unpaired) electrons. The highest BCUT2D eigenvalue weighted by molar-refractivity contribution is 6.11. The molecule has 1 amide bonds. The van der Waals surface area contributed by atoms with Crippen molar-refractivity contribution < 1.29 is 14.4 Å².